The van der Waals surface area contributed by atoms with Crippen molar-refractivity contribution in [1.29, 1.82) is 5.41 Å². The molecular formula is C28H24N4O. The van der Waals surface area contributed by atoms with Gasteiger partial charge in [0, 0.05) is 17.5 Å². The third kappa shape index (κ3) is 5.65. The first-order valence-corrected chi connectivity index (χ1v) is 10.5. The number of nitrogens with zero attached hydrogens (tertiary/aromatic N) is 1. The Bertz CT molecular complexity index is 1260. The van der Waals surface area contributed by atoms with Crippen LogP contribution in [-0.2, 0) is 0 Å². The Balaban J connectivity index is 1.59. The molecule has 5 N–H and O–H groups in total. The fourth-order valence-electron chi connectivity index (χ4n) is 3.30. The predicted octanol–water partition coefficient (Wildman–Crippen LogP) is 4.76. The van der Waals surface area contributed by atoms with Crippen molar-refractivity contribution in [2.75, 3.05) is 0 Å². The third-order valence-corrected chi connectivity index (χ3v) is 5.08. The number of benzene rings is 3. The summed E-state index contributed by atoms with van der Waals surface area (Å²) in [7, 11) is 0. The van der Waals surface area contributed by atoms with Gasteiger partial charge in [-0.25, -0.2) is 0 Å². The molecule has 1 heterocycles. The maximum absolute atomic E-state index is 8.80. The Morgan fingerprint density at radius 2 is 1.48 bits per heavy atom. The van der Waals surface area contributed by atoms with Crippen LogP contribution < -0.4 is 16.2 Å². The van der Waals surface area contributed by atoms with Gasteiger partial charge in [0.1, 0.15) is 17.4 Å². The van der Waals surface area contributed by atoms with Crippen LogP contribution in [0.2, 0.25) is 0 Å². The minimum absolute atomic E-state index is 0.291. The van der Waals surface area contributed by atoms with Gasteiger partial charge in [-0.2, -0.15) is 0 Å². The van der Waals surface area contributed by atoms with E-state index < -0.39 is 12.1 Å². The van der Waals surface area contributed by atoms with Crippen LogP contribution in [0.3, 0.4) is 0 Å². The molecule has 0 amide bonds. The Labute approximate surface area is 193 Å². The second-order valence-corrected chi connectivity index (χ2v) is 7.45. The average Bonchev–Trinajstić information content (AvgIpc) is 2.85. The van der Waals surface area contributed by atoms with Crippen molar-refractivity contribution < 1.29 is 4.74 Å². The van der Waals surface area contributed by atoms with Gasteiger partial charge in [-0.3, -0.25) is 10.7 Å². The first-order chi connectivity index (χ1) is 16.1. The number of aliphatic imine (C=N–C) groups is 1. The van der Waals surface area contributed by atoms with Crippen molar-refractivity contribution in [2.24, 2.45) is 22.4 Å². The summed E-state index contributed by atoms with van der Waals surface area (Å²) in [6.07, 6.45) is 4.79. The zero-order valence-corrected chi connectivity index (χ0v) is 18.0. The molecule has 0 fully saturated rings. The van der Waals surface area contributed by atoms with Crippen LogP contribution in [0.4, 0.5) is 0 Å². The fourth-order valence-corrected chi connectivity index (χ4v) is 3.30. The molecule has 0 bridgehead atoms. The molecule has 3 aromatic rings. The molecule has 162 valence electrons. The van der Waals surface area contributed by atoms with E-state index in [0.29, 0.717) is 28.3 Å². The molecule has 2 atom stereocenters. The molecule has 3 aromatic carbocycles. The summed E-state index contributed by atoms with van der Waals surface area (Å²) in [5.74, 6) is 6.75. The fraction of sp³-hybridized carbons (Fsp3) is 0.0714. The lowest BCUT2D eigenvalue weighted by atomic mass is 9.91. The number of para-hydroxylation sites is 1. The number of ether oxygens (including phenoxy) is 1. The standard InChI is InChI=1S/C28H24N4O/c29-26-18-17-25(28(31)22(19-32-26)12-11-20-7-3-1-4-8-20)27(30)21-13-15-24(16-14-21)33-23-9-5-2-6-10-23/h1-16,19,25-26,30H,29,31H2/b12-11+,28-22+,30-27?,32-19-. The van der Waals surface area contributed by atoms with E-state index in [1.807, 2.05) is 97.1 Å². The third-order valence-electron chi connectivity index (χ3n) is 5.08. The quantitative estimate of drug-likeness (QED) is 0.387. The number of nitrogens with one attached hydrogen (secondary N) is 1. The maximum Gasteiger partial charge on any atom is 0.159 e. The lowest BCUT2D eigenvalue weighted by Gasteiger charge is -2.17. The first-order valence-electron chi connectivity index (χ1n) is 10.5. The summed E-state index contributed by atoms with van der Waals surface area (Å²) < 4.78 is 5.85. The number of allylic oxidation sites excluding steroid dienone is 3. The Kier molecular flexibility index (Phi) is 6.79. The van der Waals surface area contributed by atoms with Crippen molar-refractivity contribution in [3.05, 3.63) is 113 Å². The number of rotatable bonds is 6. The minimum Gasteiger partial charge on any atom is -0.457 e. The Hall–Kier alpha value is -4.40. The molecule has 0 aliphatic carbocycles. The van der Waals surface area contributed by atoms with Gasteiger partial charge in [-0.15, -0.1) is 0 Å². The van der Waals surface area contributed by atoms with E-state index in [2.05, 4.69) is 16.8 Å². The highest BCUT2D eigenvalue weighted by Gasteiger charge is 2.20. The SMILES string of the molecule is N=C(c1ccc(Oc2ccccc2)cc1)C1C#CC(N)\N=C/C(/C=C/c2ccccc2)=C\1N. The van der Waals surface area contributed by atoms with Crippen LogP contribution in [-0.4, -0.2) is 18.1 Å². The van der Waals surface area contributed by atoms with E-state index in [0.717, 1.165) is 11.3 Å². The lowest BCUT2D eigenvalue weighted by Crippen LogP contribution is -2.25. The molecule has 4 rings (SSSR count). The molecule has 0 saturated carbocycles. The van der Waals surface area contributed by atoms with Gasteiger partial charge in [0.15, 0.2) is 6.17 Å². The monoisotopic (exact) mass is 432 g/mol. The topological polar surface area (TPSA) is 97.5 Å². The highest BCUT2D eigenvalue weighted by Crippen LogP contribution is 2.24. The highest BCUT2D eigenvalue weighted by molar-refractivity contribution is 6.04. The number of hydrogen-bond donors (Lipinski definition) is 3. The van der Waals surface area contributed by atoms with Gasteiger partial charge in [0.2, 0.25) is 0 Å². The Morgan fingerprint density at radius 1 is 0.848 bits per heavy atom. The Morgan fingerprint density at radius 3 is 2.18 bits per heavy atom. The summed E-state index contributed by atoms with van der Waals surface area (Å²) in [6.45, 7) is 0. The molecular weight excluding hydrogens is 408 g/mol. The molecule has 2 unspecified atom stereocenters. The maximum atomic E-state index is 8.80. The zero-order valence-electron chi connectivity index (χ0n) is 18.0. The number of nitrogens with two attached hydrogens (primary N) is 2. The van der Waals surface area contributed by atoms with E-state index in [1.165, 1.54) is 0 Å². The second kappa shape index (κ2) is 10.3. The number of hydrogen-bond acceptors (Lipinski definition) is 5. The van der Waals surface area contributed by atoms with Crippen LogP contribution >= 0.6 is 0 Å². The van der Waals surface area contributed by atoms with Gasteiger partial charge in [-0.05, 0) is 47.5 Å². The van der Waals surface area contributed by atoms with Gasteiger partial charge in [0.05, 0.1) is 5.71 Å². The van der Waals surface area contributed by atoms with Gasteiger partial charge < -0.3 is 15.9 Å². The molecule has 0 saturated heterocycles. The highest BCUT2D eigenvalue weighted by atomic mass is 16.5. The summed E-state index contributed by atoms with van der Waals surface area (Å²) in [5.41, 5.74) is 15.6. The van der Waals surface area contributed by atoms with Crippen molar-refractivity contribution in [1.82, 2.24) is 0 Å². The molecule has 1 aliphatic heterocycles. The van der Waals surface area contributed by atoms with Gasteiger partial charge >= 0.3 is 0 Å². The van der Waals surface area contributed by atoms with Crippen LogP contribution in [0.15, 0.2) is 107 Å². The lowest BCUT2D eigenvalue weighted by molar-refractivity contribution is 0.482. The molecule has 1 aliphatic rings. The van der Waals surface area contributed by atoms with Crippen LogP contribution in [0.1, 0.15) is 11.1 Å². The van der Waals surface area contributed by atoms with E-state index in [-0.39, 0.29) is 0 Å². The molecule has 0 radical (unpaired) electrons. The van der Waals surface area contributed by atoms with Gasteiger partial charge in [-0.1, -0.05) is 72.5 Å². The van der Waals surface area contributed by atoms with Crippen LogP contribution in [0.25, 0.3) is 6.08 Å². The second-order valence-electron chi connectivity index (χ2n) is 7.45. The first kappa shape index (κ1) is 21.8. The molecule has 33 heavy (non-hydrogen) atoms. The smallest absolute Gasteiger partial charge is 0.159 e. The predicted molar refractivity (Wildman–Crippen MR) is 134 cm³/mol. The van der Waals surface area contributed by atoms with Crippen molar-refractivity contribution >= 4 is 18.0 Å². The zero-order chi connectivity index (χ0) is 23.0. The van der Waals surface area contributed by atoms with Crippen molar-refractivity contribution in [3.63, 3.8) is 0 Å². The van der Waals surface area contributed by atoms with Crippen molar-refractivity contribution in [3.8, 4) is 23.3 Å². The van der Waals surface area contributed by atoms with E-state index in [4.69, 9.17) is 21.6 Å². The van der Waals surface area contributed by atoms with Crippen molar-refractivity contribution in [2.45, 2.75) is 6.17 Å². The summed E-state index contributed by atoms with van der Waals surface area (Å²) >= 11 is 0. The summed E-state index contributed by atoms with van der Waals surface area (Å²) in [6, 6.07) is 26.8. The molecule has 0 spiro atoms. The molecule has 5 nitrogen and oxygen atoms in total. The summed E-state index contributed by atoms with van der Waals surface area (Å²) in [4.78, 5) is 4.25. The van der Waals surface area contributed by atoms with Gasteiger partial charge in [0.25, 0.3) is 0 Å². The summed E-state index contributed by atoms with van der Waals surface area (Å²) in [5, 5.41) is 8.80. The average molecular weight is 433 g/mol. The molecule has 5 heteroatoms. The largest absolute Gasteiger partial charge is 0.457 e. The van der Waals surface area contributed by atoms with Crippen LogP contribution in [0, 0.1) is 23.2 Å². The normalized spacial score (nSPS) is 20.9. The minimum atomic E-state index is -0.671. The van der Waals surface area contributed by atoms with Crippen LogP contribution in [0.5, 0.6) is 11.5 Å². The van der Waals surface area contributed by atoms with E-state index >= 15 is 0 Å². The van der Waals surface area contributed by atoms with E-state index in [9.17, 15) is 0 Å². The molecule has 0 aromatic heterocycles. The van der Waals surface area contributed by atoms with E-state index in [1.54, 1.807) is 6.21 Å².